The topological polar surface area (TPSA) is 96.0 Å². The van der Waals surface area contributed by atoms with Gasteiger partial charge in [-0.15, -0.1) is 0 Å². The number of ether oxygens (including phenoxy) is 1. The SMILES string of the molecule is Cc1ccc(C(=O)N2CCC(CCNC(=O)c3ccc(S(=O)(=O)N4CCOCC4)cc3)CC2)cc1. The molecule has 4 rings (SSSR count). The van der Waals surface area contributed by atoms with Gasteiger partial charge < -0.3 is 15.0 Å². The van der Waals surface area contributed by atoms with Gasteiger partial charge in [0.15, 0.2) is 0 Å². The van der Waals surface area contributed by atoms with Crippen LogP contribution in [-0.2, 0) is 14.8 Å². The Hall–Kier alpha value is -2.75. The highest BCUT2D eigenvalue weighted by Crippen LogP contribution is 2.22. The largest absolute Gasteiger partial charge is 0.379 e. The standard InChI is InChI=1S/C26H33N3O5S/c1-20-2-4-23(5-3-20)26(31)28-14-11-21(12-15-28)10-13-27-25(30)22-6-8-24(9-7-22)35(32,33)29-16-18-34-19-17-29/h2-9,21H,10-19H2,1H3,(H,27,30). The number of nitrogens with zero attached hydrogens (tertiary/aromatic N) is 2. The lowest BCUT2D eigenvalue weighted by Crippen LogP contribution is -2.40. The van der Waals surface area contributed by atoms with Crippen LogP contribution in [0.15, 0.2) is 53.4 Å². The summed E-state index contributed by atoms with van der Waals surface area (Å²) in [6, 6.07) is 13.8. The third kappa shape index (κ3) is 6.28. The van der Waals surface area contributed by atoms with E-state index in [9.17, 15) is 18.0 Å². The number of carbonyl (C=O) groups is 2. The monoisotopic (exact) mass is 499 g/mol. The second-order valence-electron chi connectivity index (χ2n) is 9.19. The van der Waals surface area contributed by atoms with Gasteiger partial charge in [-0.2, -0.15) is 4.31 Å². The van der Waals surface area contributed by atoms with E-state index in [1.807, 2.05) is 36.1 Å². The van der Waals surface area contributed by atoms with Crippen LogP contribution >= 0.6 is 0 Å². The lowest BCUT2D eigenvalue weighted by molar-refractivity contribution is 0.0687. The second-order valence-corrected chi connectivity index (χ2v) is 11.1. The van der Waals surface area contributed by atoms with Crippen molar-refractivity contribution in [2.75, 3.05) is 45.9 Å². The number of likely N-dealkylation sites (tertiary alicyclic amines) is 1. The number of rotatable bonds is 7. The van der Waals surface area contributed by atoms with Crippen molar-refractivity contribution in [3.63, 3.8) is 0 Å². The molecule has 9 heteroatoms. The molecule has 2 aliphatic rings. The van der Waals surface area contributed by atoms with Crippen LogP contribution in [0.3, 0.4) is 0 Å². The van der Waals surface area contributed by atoms with E-state index in [1.165, 1.54) is 16.4 Å². The van der Waals surface area contributed by atoms with Crippen LogP contribution in [0.5, 0.6) is 0 Å². The van der Waals surface area contributed by atoms with Crippen LogP contribution in [0.1, 0.15) is 45.5 Å². The van der Waals surface area contributed by atoms with Crippen LogP contribution in [0.4, 0.5) is 0 Å². The van der Waals surface area contributed by atoms with Crippen molar-refractivity contribution < 1.29 is 22.7 Å². The molecular formula is C26H33N3O5S. The van der Waals surface area contributed by atoms with E-state index < -0.39 is 10.0 Å². The van der Waals surface area contributed by atoms with Gasteiger partial charge in [0.1, 0.15) is 0 Å². The zero-order chi connectivity index (χ0) is 24.8. The highest BCUT2D eigenvalue weighted by atomic mass is 32.2. The first-order chi connectivity index (χ1) is 16.8. The van der Waals surface area contributed by atoms with E-state index in [-0.39, 0.29) is 16.7 Å². The highest BCUT2D eigenvalue weighted by Gasteiger charge is 2.27. The molecule has 0 atom stereocenters. The first kappa shape index (κ1) is 25.3. The van der Waals surface area contributed by atoms with Gasteiger partial charge >= 0.3 is 0 Å². The average Bonchev–Trinajstić information content (AvgIpc) is 2.89. The Kier molecular flexibility index (Phi) is 8.20. The van der Waals surface area contributed by atoms with E-state index in [2.05, 4.69) is 5.32 Å². The Bertz CT molecular complexity index is 1120. The summed E-state index contributed by atoms with van der Waals surface area (Å²) in [6.45, 7) is 5.46. The van der Waals surface area contributed by atoms with Gasteiger partial charge in [0.2, 0.25) is 10.0 Å². The molecule has 0 spiro atoms. The maximum absolute atomic E-state index is 12.7. The Morgan fingerprint density at radius 2 is 1.51 bits per heavy atom. The minimum Gasteiger partial charge on any atom is -0.379 e. The van der Waals surface area contributed by atoms with E-state index >= 15 is 0 Å². The Labute approximate surface area is 207 Å². The third-order valence-electron chi connectivity index (χ3n) is 6.76. The molecule has 8 nitrogen and oxygen atoms in total. The summed E-state index contributed by atoms with van der Waals surface area (Å²) in [7, 11) is -3.57. The van der Waals surface area contributed by atoms with Gasteiger partial charge in [0, 0.05) is 43.9 Å². The summed E-state index contributed by atoms with van der Waals surface area (Å²) in [5.41, 5.74) is 2.30. The Morgan fingerprint density at radius 1 is 0.914 bits per heavy atom. The van der Waals surface area contributed by atoms with Crippen molar-refractivity contribution >= 4 is 21.8 Å². The molecule has 188 valence electrons. The molecule has 2 heterocycles. The molecule has 0 aromatic heterocycles. The van der Waals surface area contributed by atoms with E-state index in [0.29, 0.717) is 44.3 Å². The van der Waals surface area contributed by atoms with Crippen LogP contribution < -0.4 is 5.32 Å². The number of benzene rings is 2. The molecule has 0 radical (unpaired) electrons. The number of amides is 2. The smallest absolute Gasteiger partial charge is 0.253 e. The van der Waals surface area contributed by atoms with Crippen molar-refractivity contribution in [2.45, 2.75) is 31.1 Å². The number of nitrogens with one attached hydrogen (secondary N) is 1. The second kappa shape index (κ2) is 11.3. The molecule has 2 aliphatic heterocycles. The summed E-state index contributed by atoms with van der Waals surface area (Å²) in [4.78, 5) is 27.3. The lowest BCUT2D eigenvalue weighted by atomic mass is 9.93. The number of morpholine rings is 1. The molecule has 0 aliphatic carbocycles. The molecule has 2 aromatic rings. The first-order valence-corrected chi connectivity index (χ1v) is 13.6. The molecule has 0 bridgehead atoms. The maximum Gasteiger partial charge on any atom is 0.253 e. The normalized spacial score (nSPS) is 17.8. The average molecular weight is 500 g/mol. The van der Waals surface area contributed by atoms with Gasteiger partial charge in [0.25, 0.3) is 11.8 Å². The fourth-order valence-electron chi connectivity index (χ4n) is 4.51. The molecule has 0 unspecified atom stereocenters. The summed E-state index contributed by atoms with van der Waals surface area (Å²) in [5.74, 6) is 0.321. The predicted molar refractivity (Wildman–Crippen MR) is 133 cm³/mol. The van der Waals surface area contributed by atoms with E-state index in [1.54, 1.807) is 12.1 Å². The molecule has 0 saturated carbocycles. The third-order valence-corrected chi connectivity index (χ3v) is 8.68. The molecule has 2 fully saturated rings. The number of carbonyl (C=O) groups excluding carboxylic acids is 2. The van der Waals surface area contributed by atoms with Crippen molar-refractivity contribution in [3.8, 4) is 0 Å². The van der Waals surface area contributed by atoms with Crippen LogP contribution in [0.25, 0.3) is 0 Å². The number of hydrogen-bond acceptors (Lipinski definition) is 5. The van der Waals surface area contributed by atoms with Crippen molar-refractivity contribution in [2.24, 2.45) is 5.92 Å². The van der Waals surface area contributed by atoms with Crippen molar-refractivity contribution in [1.29, 1.82) is 0 Å². The fraction of sp³-hybridized carbons (Fsp3) is 0.462. The Morgan fingerprint density at radius 3 is 2.14 bits per heavy atom. The van der Waals surface area contributed by atoms with Crippen molar-refractivity contribution in [3.05, 3.63) is 65.2 Å². The zero-order valence-corrected chi connectivity index (χ0v) is 20.9. The summed E-state index contributed by atoms with van der Waals surface area (Å²) in [6.07, 6.45) is 2.69. The first-order valence-electron chi connectivity index (χ1n) is 12.2. The fourth-order valence-corrected chi connectivity index (χ4v) is 5.92. The lowest BCUT2D eigenvalue weighted by Gasteiger charge is -2.32. The number of sulfonamides is 1. The highest BCUT2D eigenvalue weighted by molar-refractivity contribution is 7.89. The molecule has 35 heavy (non-hydrogen) atoms. The van der Waals surface area contributed by atoms with Gasteiger partial charge in [0.05, 0.1) is 18.1 Å². The van der Waals surface area contributed by atoms with Gasteiger partial charge in [-0.25, -0.2) is 8.42 Å². The minimum atomic E-state index is -3.57. The molecule has 2 saturated heterocycles. The van der Waals surface area contributed by atoms with Gasteiger partial charge in [-0.1, -0.05) is 17.7 Å². The summed E-state index contributed by atoms with van der Waals surface area (Å²) >= 11 is 0. The summed E-state index contributed by atoms with van der Waals surface area (Å²) in [5, 5.41) is 2.94. The van der Waals surface area contributed by atoms with Crippen LogP contribution in [0.2, 0.25) is 0 Å². The van der Waals surface area contributed by atoms with Crippen LogP contribution in [0, 0.1) is 12.8 Å². The quantitative estimate of drug-likeness (QED) is 0.632. The minimum absolute atomic E-state index is 0.0795. The molecular weight excluding hydrogens is 466 g/mol. The van der Waals surface area contributed by atoms with E-state index in [0.717, 1.165) is 43.5 Å². The number of piperidine rings is 1. The van der Waals surface area contributed by atoms with Crippen LogP contribution in [-0.4, -0.2) is 75.4 Å². The number of aryl methyl sites for hydroxylation is 1. The summed E-state index contributed by atoms with van der Waals surface area (Å²) < 4.78 is 32.1. The van der Waals surface area contributed by atoms with Gasteiger partial charge in [-0.3, -0.25) is 9.59 Å². The van der Waals surface area contributed by atoms with Crippen molar-refractivity contribution in [1.82, 2.24) is 14.5 Å². The molecule has 2 amide bonds. The molecule has 1 N–H and O–H groups in total. The molecule has 2 aromatic carbocycles. The van der Waals surface area contributed by atoms with E-state index in [4.69, 9.17) is 4.74 Å². The van der Waals surface area contributed by atoms with Gasteiger partial charge in [-0.05, 0) is 68.5 Å². The number of hydrogen-bond donors (Lipinski definition) is 1. The zero-order valence-electron chi connectivity index (χ0n) is 20.1. The predicted octanol–water partition coefficient (Wildman–Crippen LogP) is 2.69. The Balaban J connectivity index is 1.21. The maximum atomic E-state index is 12.7.